The van der Waals surface area contributed by atoms with Gasteiger partial charge in [-0.2, -0.15) is 0 Å². The molecule has 0 saturated heterocycles. The standard InChI is InChI=1S/C34H37FN2O6/c1-22-27(15-24-16-30(40-4)34(31(17-24)41-5)43-21-33(39)42-14-13-37(2)3)26-12-11-25(35)18-29(26)28(22)19-32(38)36-20-23-9-7-6-8-10-23/h6-12,15-18H,13-14,19-21H2,1-5H3,(H,36,38)/b27-15-. The largest absolute Gasteiger partial charge is 0.493 e. The van der Waals surface area contributed by atoms with Crippen molar-refractivity contribution in [3.05, 3.63) is 94.3 Å². The Balaban J connectivity index is 1.59. The van der Waals surface area contributed by atoms with Gasteiger partial charge in [-0.1, -0.05) is 36.4 Å². The maximum absolute atomic E-state index is 14.4. The zero-order chi connectivity index (χ0) is 30.9. The lowest BCUT2D eigenvalue weighted by atomic mass is 10.00. The van der Waals surface area contributed by atoms with E-state index in [1.807, 2.05) is 62.3 Å². The second-order valence-corrected chi connectivity index (χ2v) is 10.4. The smallest absolute Gasteiger partial charge is 0.344 e. The first-order chi connectivity index (χ1) is 20.7. The van der Waals surface area contributed by atoms with E-state index in [1.165, 1.54) is 26.4 Å². The predicted octanol–water partition coefficient (Wildman–Crippen LogP) is 5.36. The third kappa shape index (κ3) is 8.02. The maximum Gasteiger partial charge on any atom is 0.344 e. The molecule has 0 radical (unpaired) electrons. The maximum atomic E-state index is 14.4. The fourth-order valence-corrected chi connectivity index (χ4v) is 4.81. The summed E-state index contributed by atoms with van der Waals surface area (Å²) >= 11 is 0. The molecule has 4 rings (SSSR count). The van der Waals surface area contributed by atoms with E-state index in [2.05, 4.69) is 5.32 Å². The molecule has 0 aliphatic heterocycles. The van der Waals surface area contributed by atoms with E-state index < -0.39 is 5.97 Å². The van der Waals surface area contributed by atoms with Crippen LogP contribution in [0.3, 0.4) is 0 Å². The van der Waals surface area contributed by atoms with Crippen LogP contribution in [-0.2, 0) is 20.9 Å². The zero-order valence-electron chi connectivity index (χ0n) is 25.2. The molecular weight excluding hydrogens is 551 g/mol. The van der Waals surface area contributed by atoms with Gasteiger partial charge < -0.3 is 29.2 Å². The Morgan fingerprint density at radius 2 is 1.65 bits per heavy atom. The summed E-state index contributed by atoms with van der Waals surface area (Å²) in [5.74, 6) is -0.0277. The van der Waals surface area contributed by atoms with Gasteiger partial charge in [0.1, 0.15) is 12.4 Å². The highest BCUT2D eigenvalue weighted by atomic mass is 19.1. The first-order valence-corrected chi connectivity index (χ1v) is 13.9. The Morgan fingerprint density at radius 1 is 0.953 bits per heavy atom. The minimum absolute atomic E-state index is 0.108. The van der Waals surface area contributed by atoms with Crippen molar-refractivity contribution in [3.8, 4) is 17.2 Å². The van der Waals surface area contributed by atoms with E-state index in [-0.39, 0.29) is 37.1 Å². The van der Waals surface area contributed by atoms with Gasteiger partial charge in [-0.3, -0.25) is 4.79 Å². The van der Waals surface area contributed by atoms with Gasteiger partial charge in [-0.05, 0) is 90.3 Å². The van der Waals surface area contributed by atoms with Gasteiger partial charge in [0.2, 0.25) is 11.7 Å². The number of methoxy groups -OCH3 is 2. The quantitative estimate of drug-likeness (QED) is 0.269. The number of amides is 1. The molecule has 1 aliphatic rings. The van der Waals surface area contributed by atoms with Crippen LogP contribution in [0.2, 0.25) is 0 Å². The average Bonchev–Trinajstić information content (AvgIpc) is 3.24. The second kappa shape index (κ2) is 14.5. The molecular formula is C34H37FN2O6. The van der Waals surface area contributed by atoms with Gasteiger partial charge in [0, 0.05) is 13.1 Å². The van der Waals surface area contributed by atoms with Crippen LogP contribution >= 0.6 is 0 Å². The predicted molar refractivity (Wildman–Crippen MR) is 164 cm³/mol. The Labute approximate surface area is 251 Å². The highest BCUT2D eigenvalue weighted by Crippen LogP contribution is 2.45. The molecule has 43 heavy (non-hydrogen) atoms. The van der Waals surface area contributed by atoms with Gasteiger partial charge in [-0.25, -0.2) is 9.18 Å². The fourth-order valence-electron chi connectivity index (χ4n) is 4.81. The van der Waals surface area contributed by atoms with Crippen molar-refractivity contribution in [1.82, 2.24) is 10.2 Å². The highest BCUT2D eigenvalue weighted by Gasteiger charge is 2.26. The lowest BCUT2D eigenvalue weighted by Gasteiger charge is -2.16. The van der Waals surface area contributed by atoms with Crippen molar-refractivity contribution in [2.24, 2.45) is 0 Å². The van der Waals surface area contributed by atoms with Crippen LogP contribution in [0.15, 0.2) is 66.2 Å². The number of halogens is 1. The van der Waals surface area contributed by atoms with Crippen LogP contribution in [0.25, 0.3) is 17.2 Å². The van der Waals surface area contributed by atoms with E-state index in [1.54, 1.807) is 18.2 Å². The summed E-state index contributed by atoms with van der Waals surface area (Å²) in [7, 11) is 6.78. The summed E-state index contributed by atoms with van der Waals surface area (Å²) in [4.78, 5) is 27.0. The van der Waals surface area contributed by atoms with Crippen LogP contribution < -0.4 is 19.5 Å². The lowest BCUT2D eigenvalue weighted by molar-refractivity contribution is -0.146. The molecule has 3 aromatic carbocycles. The molecule has 1 amide bonds. The molecule has 0 bridgehead atoms. The summed E-state index contributed by atoms with van der Waals surface area (Å²) in [5.41, 5.74) is 5.72. The summed E-state index contributed by atoms with van der Waals surface area (Å²) in [6, 6.07) is 17.8. The van der Waals surface area contributed by atoms with Gasteiger partial charge in [0.15, 0.2) is 18.1 Å². The van der Waals surface area contributed by atoms with Gasteiger partial charge >= 0.3 is 5.97 Å². The number of hydrogen-bond donors (Lipinski definition) is 1. The monoisotopic (exact) mass is 588 g/mol. The van der Waals surface area contributed by atoms with Crippen molar-refractivity contribution >= 4 is 29.1 Å². The van der Waals surface area contributed by atoms with Crippen molar-refractivity contribution in [1.29, 1.82) is 0 Å². The number of carbonyl (C=O) groups excluding carboxylic acids is 2. The number of rotatable bonds is 13. The van der Waals surface area contributed by atoms with E-state index in [0.717, 1.165) is 33.4 Å². The van der Waals surface area contributed by atoms with Crippen LogP contribution in [0.1, 0.15) is 35.6 Å². The minimum atomic E-state index is -0.506. The van der Waals surface area contributed by atoms with Crippen molar-refractivity contribution in [3.63, 3.8) is 0 Å². The van der Waals surface area contributed by atoms with Gasteiger partial charge in [-0.15, -0.1) is 0 Å². The zero-order valence-corrected chi connectivity index (χ0v) is 25.2. The van der Waals surface area contributed by atoms with Crippen molar-refractivity contribution in [2.75, 3.05) is 48.1 Å². The SMILES string of the molecule is COc1cc(/C=C2/C(C)=C(CC(=O)NCc3ccccc3)c3cc(F)ccc32)cc(OC)c1OCC(=O)OCCN(C)C. The highest BCUT2D eigenvalue weighted by molar-refractivity contribution is 6.08. The number of likely N-dealkylation sites (N-methyl/N-ethyl adjacent to an activating group) is 1. The number of ether oxygens (including phenoxy) is 4. The van der Waals surface area contributed by atoms with Gasteiger partial charge in [0.05, 0.1) is 20.6 Å². The number of carbonyl (C=O) groups is 2. The number of nitrogens with zero attached hydrogens (tertiary/aromatic N) is 1. The Bertz CT molecular complexity index is 1510. The number of benzene rings is 3. The van der Waals surface area contributed by atoms with Crippen LogP contribution in [0.5, 0.6) is 17.2 Å². The molecule has 1 N–H and O–H groups in total. The van der Waals surface area contributed by atoms with E-state index >= 15 is 0 Å². The van der Waals surface area contributed by atoms with E-state index in [0.29, 0.717) is 30.2 Å². The van der Waals surface area contributed by atoms with Crippen molar-refractivity contribution < 1.29 is 32.9 Å². The summed E-state index contributed by atoms with van der Waals surface area (Å²) in [5, 5.41) is 2.96. The molecule has 0 aromatic heterocycles. The Kier molecular flexibility index (Phi) is 10.6. The van der Waals surface area contributed by atoms with Crippen LogP contribution in [0.4, 0.5) is 4.39 Å². The number of esters is 1. The summed E-state index contributed by atoms with van der Waals surface area (Å²) in [6.45, 7) is 2.89. The molecule has 3 aromatic rings. The second-order valence-electron chi connectivity index (χ2n) is 10.4. The summed E-state index contributed by atoms with van der Waals surface area (Å²) < 4.78 is 36.5. The first kappa shape index (κ1) is 31.3. The fraction of sp³-hybridized carbons (Fsp3) is 0.294. The molecule has 9 heteroatoms. The first-order valence-electron chi connectivity index (χ1n) is 13.9. The normalized spacial score (nSPS) is 13.2. The topological polar surface area (TPSA) is 86.3 Å². The molecule has 0 heterocycles. The molecule has 0 spiro atoms. The molecule has 0 saturated carbocycles. The third-order valence-electron chi connectivity index (χ3n) is 7.05. The van der Waals surface area contributed by atoms with E-state index in [9.17, 15) is 14.0 Å². The summed E-state index contributed by atoms with van der Waals surface area (Å²) in [6.07, 6.45) is 2.04. The van der Waals surface area contributed by atoms with Crippen molar-refractivity contribution in [2.45, 2.75) is 19.9 Å². The molecule has 0 unspecified atom stereocenters. The van der Waals surface area contributed by atoms with Crippen LogP contribution in [0, 0.1) is 5.82 Å². The van der Waals surface area contributed by atoms with Crippen LogP contribution in [-0.4, -0.2) is 64.8 Å². The number of fused-ring (bicyclic) bond motifs is 1. The average molecular weight is 589 g/mol. The molecule has 1 aliphatic carbocycles. The molecule has 0 fully saturated rings. The Morgan fingerprint density at radius 3 is 2.30 bits per heavy atom. The third-order valence-corrected chi connectivity index (χ3v) is 7.05. The lowest BCUT2D eigenvalue weighted by Crippen LogP contribution is -2.22. The van der Waals surface area contributed by atoms with E-state index in [4.69, 9.17) is 18.9 Å². The molecule has 226 valence electrons. The Hall–Kier alpha value is -4.63. The number of nitrogens with one attached hydrogen (secondary N) is 1. The molecule has 0 atom stereocenters. The van der Waals surface area contributed by atoms with Gasteiger partial charge in [0.25, 0.3) is 0 Å². The minimum Gasteiger partial charge on any atom is -0.493 e. The number of hydrogen-bond acceptors (Lipinski definition) is 7. The molecule has 8 nitrogen and oxygen atoms in total. The number of allylic oxidation sites excluding steroid dienone is 2.